The van der Waals surface area contributed by atoms with Crippen LogP contribution in [0.1, 0.15) is 58.8 Å². The third-order valence-corrected chi connectivity index (χ3v) is 3.98. The van der Waals surface area contributed by atoms with Crippen LogP contribution in [0.25, 0.3) is 0 Å². The molecule has 2 atom stereocenters. The van der Waals surface area contributed by atoms with E-state index in [0.29, 0.717) is 0 Å². The van der Waals surface area contributed by atoms with E-state index in [4.69, 9.17) is 4.74 Å². The largest absolute Gasteiger partial charge is 0.468 e. The van der Waals surface area contributed by atoms with Gasteiger partial charge in [0.15, 0.2) is 0 Å². The molecule has 0 aliphatic heterocycles. The molecule has 1 aliphatic carbocycles. The van der Waals surface area contributed by atoms with Gasteiger partial charge in [-0.3, -0.25) is 4.79 Å². The summed E-state index contributed by atoms with van der Waals surface area (Å²) in [4.78, 5) is 12.0. The normalized spacial score (nSPS) is 29.7. The third-order valence-electron chi connectivity index (χ3n) is 3.98. The third kappa shape index (κ3) is 3.70. The lowest BCUT2D eigenvalue weighted by molar-refractivity contribution is -0.149. The van der Waals surface area contributed by atoms with Crippen molar-refractivity contribution in [2.75, 3.05) is 13.7 Å². The first-order valence-electron chi connectivity index (χ1n) is 7.02. The highest BCUT2D eigenvalue weighted by atomic mass is 16.5. The van der Waals surface area contributed by atoms with Crippen LogP contribution in [0, 0.1) is 5.92 Å². The van der Waals surface area contributed by atoms with Crippen LogP contribution < -0.4 is 5.32 Å². The van der Waals surface area contributed by atoms with Crippen molar-refractivity contribution in [3.63, 3.8) is 0 Å². The van der Waals surface area contributed by atoms with Gasteiger partial charge < -0.3 is 10.1 Å². The zero-order valence-electron chi connectivity index (χ0n) is 11.6. The minimum absolute atomic E-state index is 0.0727. The van der Waals surface area contributed by atoms with E-state index in [1.807, 2.05) is 0 Å². The molecule has 1 aliphatic rings. The lowest BCUT2D eigenvalue weighted by Crippen LogP contribution is -2.52. The molecule has 1 rings (SSSR count). The molecule has 0 heterocycles. The number of esters is 1. The molecule has 3 heteroatoms. The molecular formula is C14H27NO2. The topological polar surface area (TPSA) is 38.3 Å². The fourth-order valence-electron chi connectivity index (χ4n) is 3.10. The summed E-state index contributed by atoms with van der Waals surface area (Å²) in [7, 11) is 1.50. The van der Waals surface area contributed by atoms with Crippen LogP contribution in [-0.4, -0.2) is 25.2 Å². The van der Waals surface area contributed by atoms with Gasteiger partial charge in [0.25, 0.3) is 0 Å². The van der Waals surface area contributed by atoms with Gasteiger partial charge in [-0.25, -0.2) is 0 Å². The Kier molecular flexibility index (Phi) is 5.96. The second-order valence-electron chi connectivity index (χ2n) is 5.19. The van der Waals surface area contributed by atoms with Gasteiger partial charge in [0.2, 0.25) is 0 Å². The zero-order chi connectivity index (χ0) is 12.7. The molecule has 0 aromatic carbocycles. The smallest absolute Gasteiger partial charge is 0.326 e. The predicted molar refractivity (Wildman–Crippen MR) is 69.9 cm³/mol. The molecule has 17 heavy (non-hydrogen) atoms. The van der Waals surface area contributed by atoms with Crippen molar-refractivity contribution in [3.05, 3.63) is 0 Å². The second kappa shape index (κ2) is 7.00. The van der Waals surface area contributed by atoms with E-state index in [1.165, 1.54) is 26.4 Å². The van der Waals surface area contributed by atoms with E-state index in [9.17, 15) is 4.79 Å². The summed E-state index contributed by atoms with van der Waals surface area (Å²) in [6, 6.07) is 0. The molecule has 100 valence electrons. The Labute approximate surface area is 105 Å². The second-order valence-corrected chi connectivity index (χ2v) is 5.19. The van der Waals surface area contributed by atoms with Crippen molar-refractivity contribution in [1.82, 2.24) is 5.32 Å². The Bertz CT molecular complexity index is 242. The predicted octanol–water partition coefficient (Wildman–Crippen LogP) is 2.89. The maximum Gasteiger partial charge on any atom is 0.326 e. The maximum absolute atomic E-state index is 12.0. The molecule has 0 radical (unpaired) electrons. The fraction of sp³-hybridized carbons (Fsp3) is 0.929. The van der Waals surface area contributed by atoms with Crippen LogP contribution in [-0.2, 0) is 9.53 Å². The summed E-state index contributed by atoms with van der Waals surface area (Å²) in [5.41, 5.74) is -0.411. The molecule has 1 fully saturated rings. The maximum atomic E-state index is 12.0. The molecule has 1 saturated carbocycles. The summed E-state index contributed by atoms with van der Waals surface area (Å²) >= 11 is 0. The fourth-order valence-corrected chi connectivity index (χ4v) is 3.10. The van der Waals surface area contributed by atoms with Gasteiger partial charge in [-0.1, -0.05) is 39.5 Å². The first-order chi connectivity index (χ1) is 8.18. The molecule has 0 spiro atoms. The molecule has 0 saturated heterocycles. The molecule has 0 amide bonds. The number of hydrogen-bond acceptors (Lipinski definition) is 3. The van der Waals surface area contributed by atoms with E-state index in [0.717, 1.165) is 38.1 Å². The Morgan fingerprint density at radius 2 is 2.12 bits per heavy atom. The highest BCUT2D eigenvalue weighted by Gasteiger charge is 2.40. The number of rotatable bonds is 5. The molecule has 0 aromatic heterocycles. The highest BCUT2D eigenvalue weighted by molar-refractivity contribution is 5.80. The van der Waals surface area contributed by atoms with Crippen LogP contribution in [0.15, 0.2) is 0 Å². The van der Waals surface area contributed by atoms with E-state index >= 15 is 0 Å². The monoisotopic (exact) mass is 241 g/mol. The SMILES string of the molecule is CCCC1CCCC(NCC)(C(=O)OC)CC1. The number of carbonyl (C=O) groups excluding carboxylic acids is 1. The van der Waals surface area contributed by atoms with E-state index in [2.05, 4.69) is 19.2 Å². The van der Waals surface area contributed by atoms with E-state index < -0.39 is 5.54 Å². The number of hydrogen-bond donors (Lipinski definition) is 1. The first-order valence-corrected chi connectivity index (χ1v) is 7.02. The number of ether oxygens (including phenoxy) is 1. The number of carbonyl (C=O) groups is 1. The Hall–Kier alpha value is -0.570. The highest BCUT2D eigenvalue weighted by Crippen LogP contribution is 2.33. The summed E-state index contributed by atoms with van der Waals surface area (Å²) in [6.07, 6.45) is 7.94. The molecule has 0 bridgehead atoms. The number of methoxy groups -OCH3 is 1. The minimum Gasteiger partial charge on any atom is -0.468 e. The Morgan fingerprint density at radius 1 is 1.35 bits per heavy atom. The van der Waals surface area contributed by atoms with Crippen LogP contribution in [0.2, 0.25) is 0 Å². The van der Waals surface area contributed by atoms with E-state index in [1.54, 1.807) is 0 Å². The van der Waals surface area contributed by atoms with E-state index in [-0.39, 0.29) is 5.97 Å². The van der Waals surface area contributed by atoms with Crippen molar-refractivity contribution in [2.24, 2.45) is 5.92 Å². The van der Waals surface area contributed by atoms with Gasteiger partial charge in [0, 0.05) is 0 Å². The van der Waals surface area contributed by atoms with Gasteiger partial charge in [-0.15, -0.1) is 0 Å². The van der Waals surface area contributed by atoms with Crippen molar-refractivity contribution in [1.29, 1.82) is 0 Å². The first kappa shape index (κ1) is 14.5. The minimum atomic E-state index is -0.411. The lowest BCUT2D eigenvalue weighted by Gasteiger charge is -2.30. The summed E-state index contributed by atoms with van der Waals surface area (Å²) in [5, 5.41) is 3.38. The average Bonchev–Trinajstić information content (AvgIpc) is 2.53. The molecule has 1 N–H and O–H groups in total. The zero-order valence-corrected chi connectivity index (χ0v) is 11.6. The summed E-state index contributed by atoms with van der Waals surface area (Å²) in [6.45, 7) is 5.12. The lowest BCUT2D eigenvalue weighted by atomic mass is 9.89. The van der Waals surface area contributed by atoms with Gasteiger partial charge in [0.1, 0.15) is 5.54 Å². The van der Waals surface area contributed by atoms with Crippen LogP contribution >= 0.6 is 0 Å². The van der Waals surface area contributed by atoms with Gasteiger partial charge >= 0.3 is 5.97 Å². The van der Waals surface area contributed by atoms with Crippen molar-refractivity contribution >= 4 is 5.97 Å². The summed E-state index contributed by atoms with van der Waals surface area (Å²) in [5.74, 6) is 0.724. The quantitative estimate of drug-likeness (QED) is 0.594. The van der Waals surface area contributed by atoms with Crippen molar-refractivity contribution in [2.45, 2.75) is 64.3 Å². The standard InChI is InChI=1S/C14H27NO2/c1-4-7-12-8-6-10-14(11-9-12,15-5-2)13(16)17-3/h12,15H,4-11H2,1-3H3. The number of nitrogens with one attached hydrogen (secondary N) is 1. The van der Waals surface area contributed by atoms with Gasteiger partial charge in [0.05, 0.1) is 7.11 Å². The van der Waals surface area contributed by atoms with Gasteiger partial charge in [-0.05, 0) is 31.7 Å². The van der Waals surface area contributed by atoms with Gasteiger partial charge in [-0.2, -0.15) is 0 Å². The molecule has 2 unspecified atom stereocenters. The van der Waals surface area contributed by atoms with Crippen LogP contribution in [0.5, 0.6) is 0 Å². The molecular weight excluding hydrogens is 214 g/mol. The van der Waals surface area contributed by atoms with Crippen molar-refractivity contribution in [3.8, 4) is 0 Å². The average molecular weight is 241 g/mol. The molecule has 0 aromatic rings. The van der Waals surface area contributed by atoms with Crippen molar-refractivity contribution < 1.29 is 9.53 Å². The summed E-state index contributed by atoms with van der Waals surface area (Å²) < 4.78 is 4.99. The van der Waals surface area contributed by atoms with Crippen LogP contribution in [0.3, 0.4) is 0 Å². The Balaban J connectivity index is 2.68. The molecule has 3 nitrogen and oxygen atoms in total. The Morgan fingerprint density at radius 3 is 2.71 bits per heavy atom. The van der Waals surface area contributed by atoms with Crippen LogP contribution in [0.4, 0.5) is 0 Å². The number of likely N-dealkylation sites (N-methyl/N-ethyl adjacent to an activating group) is 1.